The van der Waals surface area contributed by atoms with Gasteiger partial charge in [0.1, 0.15) is 18.3 Å². The molecule has 1 rings (SSSR count). The van der Waals surface area contributed by atoms with Crippen LogP contribution in [0, 0.1) is 0 Å². The lowest BCUT2D eigenvalue weighted by molar-refractivity contribution is -0.279. The van der Waals surface area contributed by atoms with Crippen LogP contribution < -0.4 is 0 Å². The van der Waals surface area contributed by atoms with Crippen molar-refractivity contribution in [2.24, 2.45) is 5.11 Å². The molecule has 0 amide bonds. The molecule has 0 aromatic rings. The Hall–Kier alpha value is -0.890. The molecule has 1 heterocycles. The van der Waals surface area contributed by atoms with E-state index in [1.165, 1.54) is 0 Å². The molecule has 0 aliphatic carbocycles. The molecule has 1 fully saturated rings. The first kappa shape index (κ1) is 11.2. The van der Waals surface area contributed by atoms with Gasteiger partial charge in [-0.25, -0.2) is 0 Å². The van der Waals surface area contributed by atoms with E-state index in [-0.39, 0.29) is 6.54 Å². The van der Waals surface area contributed by atoms with Crippen molar-refractivity contribution < 1.29 is 25.2 Å². The minimum Gasteiger partial charge on any atom is -0.388 e. The number of hydrogen-bond acceptors (Lipinski definition) is 6. The maximum Gasteiger partial charge on any atom is 0.183 e. The van der Waals surface area contributed by atoms with Crippen molar-refractivity contribution in [1.82, 2.24) is 0 Å². The summed E-state index contributed by atoms with van der Waals surface area (Å²) in [5, 5.41) is 39.8. The molecule has 0 aromatic heterocycles. The van der Waals surface area contributed by atoms with Gasteiger partial charge in [0.05, 0.1) is 12.6 Å². The lowest BCUT2D eigenvalue weighted by Crippen LogP contribution is -2.58. The van der Waals surface area contributed by atoms with Gasteiger partial charge in [-0.2, -0.15) is 0 Å². The molecule has 0 bridgehead atoms. The lowest BCUT2D eigenvalue weighted by atomic mass is 9.99. The smallest absolute Gasteiger partial charge is 0.183 e. The van der Waals surface area contributed by atoms with Crippen LogP contribution in [0.2, 0.25) is 0 Å². The van der Waals surface area contributed by atoms with Gasteiger partial charge < -0.3 is 25.2 Å². The normalized spacial score (nSPS) is 43.0. The summed E-state index contributed by atoms with van der Waals surface area (Å²) in [6.45, 7) is -0.224. The average molecular weight is 205 g/mol. The third-order valence-corrected chi connectivity index (χ3v) is 2.01. The van der Waals surface area contributed by atoms with Gasteiger partial charge in [-0.15, -0.1) is 0 Å². The average Bonchev–Trinajstić information content (AvgIpc) is 2.18. The Bertz CT molecular complexity index is 244. The van der Waals surface area contributed by atoms with Crippen molar-refractivity contribution in [1.29, 1.82) is 0 Å². The van der Waals surface area contributed by atoms with Gasteiger partial charge in [-0.3, -0.25) is 0 Å². The van der Waals surface area contributed by atoms with Gasteiger partial charge in [-0.05, 0) is 5.53 Å². The summed E-state index contributed by atoms with van der Waals surface area (Å²) in [6.07, 6.45) is -7.07. The Balaban J connectivity index is 2.64. The fourth-order valence-corrected chi connectivity index (χ4v) is 1.20. The highest BCUT2D eigenvalue weighted by Gasteiger charge is 2.42. The van der Waals surface area contributed by atoms with Crippen molar-refractivity contribution in [2.45, 2.75) is 30.7 Å². The van der Waals surface area contributed by atoms with Gasteiger partial charge in [0.25, 0.3) is 0 Å². The molecule has 0 spiro atoms. The number of azide groups is 1. The molecule has 0 radical (unpaired) electrons. The maximum atomic E-state index is 9.32. The Morgan fingerprint density at radius 2 is 1.79 bits per heavy atom. The highest BCUT2D eigenvalue weighted by molar-refractivity contribution is 4.89. The first-order valence-corrected chi connectivity index (χ1v) is 3.96. The first-order valence-electron chi connectivity index (χ1n) is 3.96. The number of hydrogen-bond donors (Lipinski definition) is 4. The van der Waals surface area contributed by atoms with E-state index in [1.807, 2.05) is 0 Å². The number of aliphatic hydroxyl groups excluding tert-OH is 4. The van der Waals surface area contributed by atoms with Gasteiger partial charge in [0.15, 0.2) is 6.29 Å². The van der Waals surface area contributed by atoms with E-state index in [2.05, 4.69) is 10.0 Å². The topological polar surface area (TPSA) is 139 Å². The molecule has 8 nitrogen and oxygen atoms in total. The SMILES string of the molecule is [N-]=[N+]=NC[C@H]1O[C@H](O)[C@H](O)[C@@H](O)[C@@H]1O. The number of nitrogens with zero attached hydrogens (tertiary/aromatic N) is 3. The van der Waals surface area contributed by atoms with E-state index in [4.69, 9.17) is 20.5 Å². The van der Waals surface area contributed by atoms with Crippen LogP contribution in [0.25, 0.3) is 10.4 Å². The fraction of sp³-hybridized carbons (Fsp3) is 1.00. The van der Waals surface area contributed by atoms with E-state index in [0.717, 1.165) is 0 Å². The predicted molar refractivity (Wildman–Crippen MR) is 42.9 cm³/mol. The highest BCUT2D eigenvalue weighted by Crippen LogP contribution is 2.19. The first-order chi connectivity index (χ1) is 6.57. The van der Waals surface area contributed by atoms with Crippen LogP contribution in [0.1, 0.15) is 0 Å². The van der Waals surface area contributed by atoms with Crippen LogP contribution in [0.15, 0.2) is 5.11 Å². The Kier molecular flexibility index (Phi) is 3.64. The zero-order valence-corrected chi connectivity index (χ0v) is 7.13. The second kappa shape index (κ2) is 4.56. The molecule has 0 saturated carbocycles. The van der Waals surface area contributed by atoms with Gasteiger partial charge >= 0.3 is 0 Å². The summed E-state index contributed by atoms with van der Waals surface area (Å²) in [4.78, 5) is 2.44. The van der Waals surface area contributed by atoms with E-state index in [9.17, 15) is 10.2 Å². The Labute approximate surface area is 79.0 Å². The van der Waals surface area contributed by atoms with E-state index < -0.39 is 30.7 Å². The minimum absolute atomic E-state index is 0.224. The second-order valence-electron chi connectivity index (χ2n) is 2.95. The second-order valence-corrected chi connectivity index (χ2v) is 2.95. The van der Waals surface area contributed by atoms with Crippen LogP contribution in [-0.2, 0) is 4.74 Å². The van der Waals surface area contributed by atoms with Crippen LogP contribution >= 0.6 is 0 Å². The molecule has 4 N–H and O–H groups in total. The number of aliphatic hydroxyl groups is 4. The number of rotatable bonds is 2. The summed E-state index contributed by atoms with van der Waals surface area (Å²) in [6, 6.07) is 0. The van der Waals surface area contributed by atoms with Crippen molar-refractivity contribution in [3.05, 3.63) is 10.4 Å². The van der Waals surface area contributed by atoms with Crippen molar-refractivity contribution >= 4 is 0 Å². The van der Waals surface area contributed by atoms with Crippen molar-refractivity contribution in [2.75, 3.05) is 6.54 Å². The molecular weight excluding hydrogens is 194 g/mol. The van der Waals surface area contributed by atoms with E-state index >= 15 is 0 Å². The van der Waals surface area contributed by atoms with Crippen LogP contribution in [0.4, 0.5) is 0 Å². The van der Waals surface area contributed by atoms with Crippen LogP contribution in [0.3, 0.4) is 0 Å². The molecule has 8 heteroatoms. The monoisotopic (exact) mass is 205 g/mol. The standard InChI is InChI=1S/C6H11N3O5/c7-9-8-1-2-3(10)4(11)5(12)6(13)14-2/h2-6,10-13H,1H2/t2-,3-,4+,5-,6+/m1/s1. The summed E-state index contributed by atoms with van der Waals surface area (Å²) >= 11 is 0. The lowest BCUT2D eigenvalue weighted by Gasteiger charge is -2.37. The minimum atomic E-state index is -1.59. The van der Waals surface area contributed by atoms with Gasteiger partial charge in [0, 0.05) is 4.91 Å². The molecule has 5 atom stereocenters. The van der Waals surface area contributed by atoms with E-state index in [1.54, 1.807) is 0 Å². The molecule has 1 saturated heterocycles. The number of ether oxygens (including phenoxy) is 1. The molecule has 1 aliphatic rings. The quantitative estimate of drug-likeness (QED) is 0.237. The molecule has 14 heavy (non-hydrogen) atoms. The van der Waals surface area contributed by atoms with Crippen molar-refractivity contribution in [3.8, 4) is 0 Å². The predicted octanol–water partition coefficient (Wildman–Crippen LogP) is -1.90. The molecule has 0 aromatic carbocycles. The van der Waals surface area contributed by atoms with Crippen molar-refractivity contribution in [3.63, 3.8) is 0 Å². The highest BCUT2D eigenvalue weighted by atomic mass is 16.6. The summed E-state index contributed by atoms with van der Waals surface area (Å²) in [5.74, 6) is 0. The van der Waals surface area contributed by atoms with Crippen LogP contribution in [0.5, 0.6) is 0 Å². The largest absolute Gasteiger partial charge is 0.388 e. The summed E-state index contributed by atoms with van der Waals surface area (Å²) in [7, 11) is 0. The zero-order valence-electron chi connectivity index (χ0n) is 7.13. The maximum absolute atomic E-state index is 9.32. The summed E-state index contributed by atoms with van der Waals surface area (Å²) in [5.41, 5.74) is 8.01. The Morgan fingerprint density at radius 3 is 2.36 bits per heavy atom. The third kappa shape index (κ3) is 2.13. The summed E-state index contributed by atoms with van der Waals surface area (Å²) < 4.78 is 4.71. The zero-order chi connectivity index (χ0) is 10.7. The molecular formula is C6H11N3O5. The molecule has 0 unspecified atom stereocenters. The fourth-order valence-electron chi connectivity index (χ4n) is 1.20. The Morgan fingerprint density at radius 1 is 1.14 bits per heavy atom. The molecule has 1 aliphatic heterocycles. The molecule has 80 valence electrons. The van der Waals surface area contributed by atoms with Gasteiger partial charge in [0.2, 0.25) is 0 Å². The third-order valence-electron chi connectivity index (χ3n) is 2.01. The van der Waals surface area contributed by atoms with E-state index in [0.29, 0.717) is 0 Å². The van der Waals surface area contributed by atoms with Gasteiger partial charge in [-0.1, -0.05) is 5.11 Å². The van der Waals surface area contributed by atoms with Crippen LogP contribution in [-0.4, -0.2) is 57.7 Å².